The van der Waals surface area contributed by atoms with Crippen molar-refractivity contribution in [3.05, 3.63) is 84.2 Å². The Morgan fingerprint density at radius 3 is 2.57 bits per heavy atom. The molecule has 6 heterocycles. The van der Waals surface area contributed by atoms with Crippen LogP contribution in [-0.2, 0) is 52.8 Å². The minimum atomic E-state index is -1.15. The maximum atomic E-state index is 14.8. The van der Waals surface area contributed by atoms with E-state index in [2.05, 4.69) is 60.9 Å². The van der Waals surface area contributed by atoms with Crippen LogP contribution in [0.1, 0.15) is 90.2 Å². The number of phenolic OH excluding ortho intramolecular Hbond substituents is 1. The Balaban J connectivity index is 1.20. The van der Waals surface area contributed by atoms with Crippen molar-refractivity contribution in [1.29, 1.82) is 0 Å². The number of hydrogen-bond donors (Lipinski definition) is 3. The summed E-state index contributed by atoms with van der Waals surface area (Å²) < 4.78 is 14.2. The number of pyridine rings is 1. The van der Waals surface area contributed by atoms with Crippen LogP contribution >= 0.6 is 0 Å². The van der Waals surface area contributed by atoms with Gasteiger partial charge in [-0.25, -0.2) is 5.43 Å². The van der Waals surface area contributed by atoms with Crippen LogP contribution in [0.3, 0.4) is 0 Å². The van der Waals surface area contributed by atoms with Gasteiger partial charge in [0.2, 0.25) is 17.7 Å². The number of nitrogens with one attached hydrogen (secondary N) is 2. The minimum Gasteiger partial charge on any atom is -0.508 e. The predicted octanol–water partition coefficient (Wildman–Crippen LogP) is 6.11. The van der Waals surface area contributed by atoms with E-state index in [4.69, 9.17) is 14.5 Å². The molecule has 2 aromatic carbocycles. The van der Waals surface area contributed by atoms with Crippen LogP contribution in [0.4, 0.5) is 0 Å². The van der Waals surface area contributed by atoms with Crippen molar-refractivity contribution in [3.63, 3.8) is 0 Å². The molecule has 3 fully saturated rings. The van der Waals surface area contributed by atoms with Gasteiger partial charge in [0, 0.05) is 74.3 Å². The van der Waals surface area contributed by atoms with E-state index < -0.39 is 46.7 Å². The summed E-state index contributed by atoms with van der Waals surface area (Å²) in [4.78, 5) is 78.3. The first-order chi connectivity index (χ1) is 32.0. The van der Waals surface area contributed by atoms with Crippen molar-refractivity contribution in [2.24, 2.45) is 16.7 Å². The summed E-state index contributed by atoms with van der Waals surface area (Å²) in [5, 5.41) is 16.8. The minimum absolute atomic E-state index is 0.000101. The van der Waals surface area contributed by atoms with Gasteiger partial charge in [-0.3, -0.25) is 34.0 Å². The van der Waals surface area contributed by atoms with Gasteiger partial charge in [-0.1, -0.05) is 46.4 Å². The van der Waals surface area contributed by atoms with Crippen molar-refractivity contribution in [2.75, 3.05) is 39.9 Å². The first-order valence-corrected chi connectivity index (χ1v) is 23.7. The number of carbonyl (C=O) groups excluding carboxylic acids is 5. The van der Waals surface area contributed by atoms with E-state index in [9.17, 15) is 29.1 Å². The lowest BCUT2D eigenvalue weighted by Gasteiger charge is -2.37. The van der Waals surface area contributed by atoms with Gasteiger partial charge in [0.1, 0.15) is 23.9 Å². The summed E-state index contributed by atoms with van der Waals surface area (Å²) in [6.07, 6.45) is 5.24. The van der Waals surface area contributed by atoms with Crippen LogP contribution in [0.15, 0.2) is 67.4 Å². The van der Waals surface area contributed by atoms with E-state index in [0.29, 0.717) is 57.3 Å². The highest BCUT2D eigenvalue weighted by atomic mass is 16.5. The normalized spacial score (nSPS) is 23.1. The number of aryl methyl sites for hydroxylation is 1. The third-order valence-corrected chi connectivity index (χ3v) is 14.3. The number of esters is 1. The number of cyclic esters (lactones) is 1. The lowest BCUT2D eigenvalue weighted by atomic mass is 9.84. The summed E-state index contributed by atoms with van der Waals surface area (Å²) >= 11 is 0. The lowest BCUT2D eigenvalue weighted by molar-refractivity contribution is -0.155. The van der Waals surface area contributed by atoms with Crippen LogP contribution in [0.2, 0.25) is 0 Å². The average Bonchev–Trinajstić information content (AvgIpc) is 3.99. The van der Waals surface area contributed by atoms with Crippen molar-refractivity contribution in [2.45, 2.75) is 111 Å². The number of carbonyl (C=O) groups is 5. The highest BCUT2D eigenvalue weighted by Crippen LogP contribution is 2.44. The average molecular weight is 916 g/mol. The number of aromatic hydroxyl groups is 1. The second-order valence-corrected chi connectivity index (χ2v) is 20.0. The van der Waals surface area contributed by atoms with Crippen molar-refractivity contribution < 1.29 is 38.6 Å². The fourth-order valence-electron chi connectivity index (χ4n) is 10.8. The van der Waals surface area contributed by atoms with Gasteiger partial charge >= 0.3 is 5.97 Å². The number of nitrogens with zero attached hydrogens (tertiary/aromatic N) is 5. The van der Waals surface area contributed by atoms with Gasteiger partial charge in [-0.15, -0.1) is 0 Å². The molecule has 0 radical (unpaired) electrons. The molecule has 4 aromatic rings. The Labute approximate surface area is 392 Å². The number of methoxy groups -OCH3 is 1. The number of ether oxygens (including phenoxy) is 2. The Bertz CT molecular complexity index is 2600. The number of phenols is 1. The number of rotatable bonds is 9. The summed E-state index contributed by atoms with van der Waals surface area (Å²) in [6.45, 7) is 17.7. The fraction of sp³-hybridized carbons (Fsp3) is 0.500. The summed E-state index contributed by atoms with van der Waals surface area (Å²) in [5.74, 6) is -2.16. The van der Waals surface area contributed by atoms with Gasteiger partial charge < -0.3 is 34.3 Å². The zero-order valence-electron chi connectivity index (χ0n) is 39.9. The Hall–Kier alpha value is -6.06. The van der Waals surface area contributed by atoms with Gasteiger partial charge in [0.15, 0.2) is 0 Å². The first kappa shape index (κ1) is 47.4. The molecule has 8 rings (SSSR count). The molecule has 1 spiro atoms. The predicted molar refractivity (Wildman–Crippen MR) is 254 cm³/mol. The Morgan fingerprint density at radius 2 is 1.84 bits per heavy atom. The van der Waals surface area contributed by atoms with Gasteiger partial charge in [0.25, 0.3) is 5.91 Å². The topological polar surface area (TPSA) is 176 Å². The number of hydrogen-bond acceptors (Lipinski definition) is 10. The lowest BCUT2D eigenvalue weighted by Crippen LogP contribution is -2.62. The molecule has 6 bridgehead atoms. The smallest absolute Gasteiger partial charge is 0.324 e. The van der Waals surface area contributed by atoms with E-state index in [1.54, 1.807) is 35.2 Å². The molecule has 3 N–H and O–H groups in total. The third-order valence-electron chi connectivity index (χ3n) is 14.3. The first-order valence-electron chi connectivity index (χ1n) is 23.7. The van der Waals surface area contributed by atoms with E-state index in [1.807, 2.05) is 39.0 Å². The number of aromatic nitrogens is 2. The zero-order valence-corrected chi connectivity index (χ0v) is 39.9. The van der Waals surface area contributed by atoms with Crippen molar-refractivity contribution >= 4 is 40.5 Å². The molecule has 0 aliphatic carbocycles. The monoisotopic (exact) mass is 915 g/mol. The molecule has 356 valence electrons. The number of likely N-dealkylation sites (tertiary alicyclic amines) is 2. The van der Waals surface area contributed by atoms with Gasteiger partial charge in [0.05, 0.1) is 29.5 Å². The molecule has 4 amide bonds. The molecule has 4 aliphatic rings. The van der Waals surface area contributed by atoms with Gasteiger partial charge in [-0.05, 0) is 117 Å². The van der Waals surface area contributed by atoms with Crippen LogP contribution in [0.5, 0.6) is 5.75 Å². The molecule has 5 atom stereocenters. The van der Waals surface area contributed by atoms with Crippen molar-refractivity contribution in [1.82, 2.24) is 35.1 Å². The molecule has 0 saturated carbocycles. The van der Waals surface area contributed by atoms with Crippen LogP contribution < -0.4 is 10.7 Å². The largest absolute Gasteiger partial charge is 0.508 e. The van der Waals surface area contributed by atoms with E-state index in [-0.39, 0.29) is 55.7 Å². The molecule has 2 aromatic heterocycles. The number of amides is 4. The second kappa shape index (κ2) is 18.9. The fourth-order valence-corrected chi connectivity index (χ4v) is 10.8. The molecule has 3 saturated heterocycles. The SMILES string of the molecule is C=CC(=O)N1CCC2(CCN(C(C(=O)NC3Cc4cc(O)cc(c4)-c4ccc5c(c4)c(c(-c4cccnc4C(C)OC)n5CC)CC(C)(C)COC(=O)[C@@H]4CCCN(N4)C3=O)C(C)C)C2=O)C1. The summed E-state index contributed by atoms with van der Waals surface area (Å²) in [7, 11) is 1.67. The standard InChI is InChI=1S/C52H65N7O8/c1-9-43(61)56-21-17-52(29-56)18-22-58(50(52)65)45(31(3)4)47(62)54-41-25-33-23-35(26-36(60)24-33)34-15-16-42-38(27-34)39(46(57(42)10-2)37-13-11-19-53-44(37)32(5)66-8)28-51(6,7)30-67-49(64)40-14-12-20-59(55-40)48(41)63/h9,11,13,15-16,19,23-24,26-27,31-32,40-41,45,55,60H,1,10,12,14,17-18,20-22,25,28-30H2,2-8H3,(H,54,62)/t32?,40-,41?,45?,52?/m0/s1. The van der Waals surface area contributed by atoms with E-state index >= 15 is 0 Å². The quantitative estimate of drug-likeness (QED) is 0.131. The molecular weight excluding hydrogens is 851 g/mol. The molecule has 15 nitrogen and oxygen atoms in total. The summed E-state index contributed by atoms with van der Waals surface area (Å²) in [6, 6.07) is 12.6. The number of benzene rings is 2. The summed E-state index contributed by atoms with van der Waals surface area (Å²) in [5.41, 5.74) is 8.79. The van der Waals surface area contributed by atoms with Crippen LogP contribution in [0.25, 0.3) is 33.3 Å². The van der Waals surface area contributed by atoms with Gasteiger partial charge in [-0.2, -0.15) is 0 Å². The number of fused-ring (bicyclic) bond motifs is 6. The molecule has 15 heteroatoms. The highest BCUT2D eigenvalue weighted by Gasteiger charge is 2.54. The molecular formula is C52H65N7O8. The Kier molecular flexibility index (Phi) is 13.4. The van der Waals surface area contributed by atoms with E-state index in [1.165, 1.54) is 11.1 Å². The molecule has 4 unspecified atom stereocenters. The highest BCUT2D eigenvalue weighted by molar-refractivity contribution is 5.97. The Morgan fingerprint density at radius 1 is 1.06 bits per heavy atom. The maximum absolute atomic E-state index is 14.8. The third kappa shape index (κ3) is 9.19. The number of hydrazine groups is 1. The molecule has 67 heavy (non-hydrogen) atoms. The second-order valence-electron chi connectivity index (χ2n) is 20.0. The van der Waals surface area contributed by atoms with E-state index in [0.717, 1.165) is 44.5 Å². The molecule has 4 aliphatic heterocycles. The van der Waals surface area contributed by atoms with Crippen LogP contribution in [-0.4, -0.2) is 117 Å². The van der Waals surface area contributed by atoms with Crippen LogP contribution in [0, 0.1) is 16.7 Å². The maximum Gasteiger partial charge on any atom is 0.324 e. The van der Waals surface area contributed by atoms with Crippen molar-refractivity contribution in [3.8, 4) is 28.1 Å². The zero-order chi connectivity index (χ0) is 47.9.